The van der Waals surface area contributed by atoms with Gasteiger partial charge < -0.3 is 4.74 Å². The van der Waals surface area contributed by atoms with E-state index in [-0.39, 0.29) is 22.4 Å². The van der Waals surface area contributed by atoms with Gasteiger partial charge in [-0.3, -0.25) is 9.59 Å². The van der Waals surface area contributed by atoms with E-state index in [4.69, 9.17) is 4.74 Å². The van der Waals surface area contributed by atoms with E-state index in [1.54, 1.807) is 0 Å². The molecule has 3 nitrogen and oxygen atoms in total. The van der Waals surface area contributed by atoms with Crippen molar-refractivity contribution in [3.8, 4) is 0 Å². The van der Waals surface area contributed by atoms with Crippen molar-refractivity contribution in [3.63, 3.8) is 0 Å². The van der Waals surface area contributed by atoms with Crippen LogP contribution in [0.15, 0.2) is 23.8 Å². The number of rotatable bonds is 0. The maximum absolute atomic E-state index is 12.3. The molecule has 1 heterocycles. The van der Waals surface area contributed by atoms with Gasteiger partial charge in [0.05, 0.1) is 0 Å². The third-order valence-corrected chi connectivity index (χ3v) is 10.3. The van der Waals surface area contributed by atoms with Crippen molar-refractivity contribution in [1.82, 2.24) is 0 Å². The lowest BCUT2D eigenvalue weighted by Gasteiger charge is -2.58. The number of allylic oxidation sites excluding steroid dienone is 3. The summed E-state index contributed by atoms with van der Waals surface area (Å²) in [5.41, 5.74) is 1.57. The molecule has 28 heavy (non-hydrogen) atoms. The molecule has 0 N–H and O–H groups in total. The number of ether oxygens (including phenoxy) is 1. The minimum absolute atomic E-state index is 0.00506. The molecule has 0 radical (unpaired) electrons. The number of carbonyl (C=O) groups is 2. The van der Waals surface area contributed by atoms with Gasteiger partial charge in [-0.2, -0.15) is 0 Å². The highest BCUT2D eigenvalue weighted by Crippen LogP contribution is 2.75. The zero-order chi connectivity index (χ0) is 19.5. The highest BCUT2D eigenvalue weighted by atomic mass is 16.6. The zero-order valence-corrected chi connectivity index (χ0v) is 17.4. The van der Waals surface area contributed by atoms with Crippen LogP contribution in [-0.2, 0) is 14.3 Å². The van der Waals surface area contributed by atoms with Gasteiger partial charge in [0.2, 0.25) is 0 Å². The predicted octanol–water partition coefficient (Wildman–Crippen LogP) is 5.01. The Bertz CT molecular complexity index is 848. The van der Waals surface area contributed by atoms with Crippen molar-refractivity contribution in [2.75, 3.05) is 0 Å². The first kappa shape index (κ1) is 17.5. The molecule has 6 aliphatic rings. The Morgan fingerprint density at radius 1 is 1.07 bits per heavy atom. The minimum Gasteiger partial charge on any atom is -0.458 e. The van der Waals surface area contributed by atoms with Crippen LogP contribution in [0.2, 0.25) is 0 Å². The van der Waals surface area contributed by atoms with E-state index in [0.717, 1.165) is 12.8 Å². The predicted molar refractivity (Wildman–Crippen MR) is 106 cm³/mol. The molecule has 1 aliphatic heterocycles. The van der Waals surface area contributed by atoms with Crippen LogP contribution in [0.4, 0.5) is 0 Å². The molecule has 0 bridgehead atoms. The van der Waals surface area contributed by atoms with Gasteiger partial charge in [0.1, 0.15) is 5.60 Å². The molecule has 4 unspecified atom stereocenters. The molecule has 5 aliphatic carbocycles. The largest absolute Gasteiger partial charge is 0.458 e. The average molecular weight is 381 g/mol. The maximum atomic E-state index is 12.3. The van der Waals surface area contributed by atoms with Crippen LogP contribution in [0, 0.1) is 39.9 Å². The van der Waals surface area contributed by atoms with Gasteiger partial charge in [-0.05, 0) is 79.1 Å². The van der Waals surface area contributed by atoms with Crippen LogP contribution in [0.25, 0.3) is 0 Å². The highest BCUT2D eigenvalue weighted by Gasteiger charge is 2.71. The second kappa shape index (κ2) is 5.02. The number of carbonyl (C=O) groups excluding carboxylic acids is 2. The topological polar surface area (TPSA) is 43.4 Å². The van der Waals surface area contributed by atoms with Crippen molar-refractivity contribution in [2.24, 2.45) is 39.9 Å². The van der Waals surface area contributed by atoms with Crippen LogP contribution in [0.1, 0.15) is 72.1 Å². The number of hydrogen-bond donors (Lipinski definition) is 0. The van der Waals surface area contributed by atoms with Gasteiger partial charge in [-0.25, -0.2) is 0 Å². The summed E-state index contributed by atoms with van der Waals surface area (Å²) < 4.78 is 6.14. The molecule has 7 atom stereocenters. The lowest BCUT2D eigenvalue weighted by molar-refractivity contribution is -0.162. The Labute approximate surface area is 168 Å². The van der Waals surface area contributed by atoms with E-state index in [0.29, 0.717) is 47.7 Å². The summed E-state index contributed by atoms with van der Waals surface area (Å²) in [5, 5.41) is 0. The smallest absolute Gasteiger partial charge is 0.306 e. The van der Waals surface area contributed by atoms with Gasteiger partial charge in [-0.1, -0.05) is 38.5 Å². The zero-order valence-electron chi connectivity index (χ0n) is 17.4. The van der Waals surface area contributed by atoms with Crippen molar-refractivity contribution < 1.29 is 14.3 Å². The second-order valence-electron chi connectivity index (χ2n) is 11.4. The fourth-order valence-electron chi connectivity index (χ4n) is 8.72. The lowest BCUT2D eigenvalue weighted by Crippen LogP contribution is -2.54. The van der Waals surface area contributed by atoms with Crippen LogP contribution in [0.5, 0.6) is 0 Å². The molecular weight excluding hydrogens is 348 g/mol. The van der Waals surface area contributed by atoms with E-state index in [1.807, 2.05) is 6.08 Å². The fourth-order valence-corrected chi connectivity index (χ4v) is 8.72. The lowest BCUT2D eigenvalue weighted by atomic mass is 9.46. The quantitative estimate of drug-likeness (QED) is 0.438. The number of hydrogen-bond acceptors (Lipinski definition) is 3. The van der Waals surface area contributed by atoms with Gasteiger partial charge in [-0.15, -0.1) is 0 Å². The SMILES string of the molecule is CC1CC2C3CC4(CC4)C4=CC(=O)CC[C@]4(C)C3C=C[C@]2(C)[C@]12CCC(=O)O2. The molecule has 0 aromatic rings. The number of fused-ring (bicyclic) bond motifs is 7. The van der Waals surface area contributed by atoms with Crippen molar-refractivity contribution in [2.45, 2.75) is 77.7 Å². The minimum atomic E-state index is -0.299. The monoisotopic (exact) mass is 380 g/mol. The van der Waals surface area contributed by atoms with E-state index < -0.39 is 0 Å². The first-order valence-corrected chi connectivity index (χ1v) is 11.4. The summed E-state index contributed by atoms with van der Waals surface area (Å²) in [5.74, 6) is 2.51. The Hall–Kier alpha value is -1.38. The number of esters is 1. The summed E-state index contributed by atoms with van der Waals surface area (Å²) >= 11 is 0. The molecule has 3 saturated carbocycles. The Kier molecular flexibility index (Phi) is 3.13. The van der Waals surface area contributed by atoms with Crippen LogP contribution in [-0.4, -0.2) is 17.4 Å². The molecule has 4 fully saturated rings. The van der Waals surface area contributed by atoms with Crippen LogP contribution in [0.3, 0.4) is 0 Å². The molecular formula is C25H32O3. The van der Waals surface area contributed by atoms with Gasteiger partial charge >= 0.3 is 5.97 Å². The van der Waals surface area contributed by atoms with Gasteiger partial charge in [0.15, 0.2) is 5.78 Å². The summed E-state index contributed by atoms with van der Waals surface area (Å²) in [6, 6.07) is 0. The Balaban J connectivity index is 1.47. The summed E-state index contributed by atoms with van der Waals surface area (Å²) in [4.78, 5) is 24.4. The summed E-state index contributed by atoms with van der Waals surface area (Å²) in [7, 11) is 0. The van der Waals surface area contributed by atoms with E-state index in [1.165, 1.54) is 31.3 Å². The number of ketones is 1. The molecule has 0 amide bonds. The van der Waals surface area contributed by atoms with Gasteiger partial charge in [0, 0.05) is 18.3 Å². The van der Waals surface area contributed by atoms with Gasteiger partial charge in [0.25, 0.3) is 0 Å². The molecule has 0 aromatic carbocycles. The average Bonchev–Trinajstić information content (AvgIpc) is 3.24. The molecule has 150 valence electrons. The third-order valence-electron chi connectivity index (χ3n) is 10.3. The second-order valence-corrected chi connectivity index (χ2v) is 11.4. The van der Waals surface area contributed by atoms with Crippen molar-refractivity contribution >= 4 is 11.8 Å². The fraction of sp³-hybridized carbons (Fsp3) is 0.760. The molecule has 3 heteroatoms. The molecule has 2 spiro atoms. The molecule has 6 rings (SSSR count). The Morgan fingerprint density at radius 2 is 1.86 bits per heavy atom. The molecule has 0 aromatic heterocycles. The van der Waals surface area contributed by atoms with Crippen molar-refractivity contribution in [1.29, 1.82) is 0 Å². The highest BCUT2D eigenvalue weighted by molar-refractivity contribution is 5.92. The normalized spacial score (nSPS) is 52.9. The van der Waals surface area contributed by atoms with E-state index in [9.17, 15) is 9.59 Å². The van der Waals surface area contributed by atoms with E-state index in [2.05, 4.69) is 32.9 Å². The standard InChI is InChI=1S/C25H32O3/c1-15-12-19-17-14-24(10-11-24)20-13-16(26)4-7-22(20,2)18(17)5-8-23(19,3)25(15)9-6-21(27)28-25/h5,8,13,15,17-19H,4,6-7,9-12,14H2,1-3H3/t15?,17?,18?,19?,22-,23+,25+/m1/s1. The first-order chi connectivity index (χ1) is 13.2. The third kappa shape index (κ3) is 1.83. The van der Waals surface area contributed by atoms with E-state index >= 15 is 0 Å². The first-order valence-electron chi connectivity index (χ1n) is 11.4. The summed E-state index contributed by atoms with van der Waals surface area (Å²) in [6.45, 7) is 7.14. The van der Waals surface area contributed by atoms with Crippen molar-refractivity contribution in [3.05, 3.63) is 23.8 Å². The maximum Gasteiger partial charge on any atom is 0.306 e. The van der Waals surface area contributed by atoms with Crippen LogP contribution >= 0.6 is 0 Å². The van der Waals surface area contributed by atoms with Crippen LogP contribution < -0.4 is 0 Å². The summed E-state index contributed by atoms with van der Waals surface area (Å²) in [6.07, 6.45) is 15.1. The Morgan fingerprint density at radius 3 is 2.54 bits per heavy atom. The molecule has 1 saturated heterocycles.